The molecule has 0 saturated carbocycles. The van der Waals surface area contributed by atoms with Crippen molar-refractivity contribution in [2.75, 3.05) is 4.90 Å². The molecule has 1 fully saturated rings. The number of anilines is 1. The second-order valence-corrected chi connectivity index (χ2v) is 8.13. The highest BCUT2D eigenvalue weighted by atomic mass is 32.2. The molecule has 150 valence electrons. The third-order valence-corrected chi connectivity index (χ3v) is 5.67. The summed E-state index contributed by atoms with van der Waals surface area (Å²) in [6.07, 6.45) is 1.70. The smallest absolute Gasteiger partial charge is 0.270 e. The lowest BCUT2D eigenvalue weighted by Gasteiger charge is -2.14. The van der Waals surface area contributed by atoms with Crippen LogP contribution in [0.1, 0.15) is 11.1 Å². The second kappa shape index (κ2) is 8.77. The van der Waals surface area contributed by atoms with E-state index in [1.54, 1.807) is 48.5 Å². The van der Waals surface area contributed by atoms with Crippen LogP contribution in [0.5, 0.6) is 5.75 Å². The molecule has 0 atom stereocenters. The van der Waals surface area contributed by atoms with E-state index in [4.69, 9.17) is 17.0 Å². The lowest BCUT2D eigenvalue weighted by Crippen LogP contribution is -2.27. The van der Waals surface area contributed by atoms with E-state index in [-0.39, 0.29) is 18.3 Å². The Morgan fingerprint density at radius 2 is 1.80 bits per heavy atom. The van der Waals surface area contributed by atoms with Crippen molar-refractivity contribution in [2.45, 2.75) is 6.61 Å². The predicted molar refractivity (Wildman–Crippen MR) is 119 cm³/mol. The van der Waals surface area contributed by atoms with E-state index in [1.165, 1.54) is 29.2 Å². The largest absolute Gasteiger partial charge is 0.489 e. The zero-order valence-corrected chi connectivity index (χ0v) is 17.2. The number of carbonyl (C=O) groups is 1. The maximum atomic E-state index is 13.8. The van der Waals surface area contributed by atoms with Gasteiger partial charge in [-0.2, -0.15) is 0 Å². The molecule has 0 unspecified atom stereocenters. The summed E-state index contributed by atoms with van der Waals surface area (Å²) in [6, 6.07) is 19.3. The van der Waals surface area contributed by atoms with Gasteiger partial charge in [-0.1, -0.05) is 60.4 Å². The fraction of sp³-hybridized carbons (Fsp3) is 0.0435. The van der Waals surface area contributed by atoms with Crippen molar-refractivity contribution in [1.29, 1.82) is 0 Å². The maximum absolute atomic E-state index is 13.8. The minimum Gasteiger partial charge on any atom is -0.489 e. The van der Waals surface area contributed by atoms with Crippen LogP contribution in [-0.4, -0.2) is 10.2 Å². The standard InChI is InChI=1S/C23H15F2NO2S2/c24-17-7-4-8-18(13-17)26-22(27)21(30-23(26)29)12-15-5-3-9-19(11-15)28-14-16-6-1-2-10-20(16)25/h1-13H,14H2/b21-12+. The third kappa shape index (κ3) is 4.42. The molecule has 3 aromatic carbocycles. The van der Waals surface area contributed by atoms with E-state index in [2.05, 4.69) is 0 Å². The van der Waals surface area contributed by atoms with Gasteiger partial charge in [0, 0.05) is 5.56 Å². The Kier molecular flexibility index (Phi) is 5.92. The van der Waals surface area contributed by atoms with Crippen molar-refractivity contribution >= 4 is 46.0 Å². The summed E-state index contributed by atoms with van der Waals surface area (Å²) in [5.41, 5.74) is 1.59. The number of benzene rings is 3. The van der Waals surface area contributed by atoms with Crippen LogP contribution >= 0.6 is 24.0 Å². The lowest BCUT2D eigenvalue weighted by atomic mass is 10.2. The molecule has 1 heterocycles. The molecule has 30 heavy (non-hydrogen) atoms. The number of amides is 1. The Balaban J connectivity index is 1.52. The Bertz CT molecular complexity index is 1160. The zero-order chi connectivity index (χ0) is 21.1. The molecule has 0 N–H and O–H groups in total. The number of carbonyl (C=O) groups excluding carboxylic acids is 1. The molecule has 0 aliphatic carbocycles. The van der Waals surface area contributed by atoms with E-state index in [9.17, 15) is 13.6 Å². The van der Waals surface area contributed by atoms with Crippen LogP contribution in [-0.2, 0) is 11.4 Å². The molecule has 1 amide bonds. The molecule has 1 aliphatic rings. The highest BCUT2D eigenvalue weighted by Crippen LogP contribution is 2.36. The van der Waals surface area contributed by atoms with Crippen LogP contribution < -0.4 is 9.64 Å². The molecule has 0 bridgehead atoms. The highest BCUT2D eigenvalue weighted by molar-refractivity contribution is 8.27. The summed E-state index contributed by atoms with van der Waals surface area (Å²) < 4.78 is 33.3. The molecule has 3 nitrogen and oxygen atoms in total. The Labute approximate surface area is 182 Å². The molecular weight excluding hydrogens is 424 g/mol. The van der Waals surface area contributed by atoms with E-state index < -0.39 is 5.82 Å². The van der Waals surface area contributed by atoms with Gasteiger partial charge in [0.2, 0.25) is 0 Å². The van der Waals surface area contributed by atoms with Crippen molar-refractivity contribution in [1.82, 2.24) is 0 Å². The summed E-state index contributed by atoms with van der Waals surface area (Å²) in [5.74, 6) is -0.527. The van der Waals surface area contributed by atoms with Crippen LogP contribution in [0.25, 0.3) is 6.08 Å². The molecule has 0 radical (unpaired) electrons. The van der Waals surface area contributed by atoms with Crippen molar-refractivity contribution in [2.24, 2.45) is 0 Å². The van der Waals surface area contributed by atoms with Gasteiger partial charge in [0.15, 0.2) is 4.32 Å². The first kappa shape index (κ1) is 20.3. The number of hydrogen-bond acceptors (Lipinski definition) is 4. The number of ether oxygens (including phenoxy) is 1. The van der Waals surface area contributed by atoms with Gasteiger partial charge in [-0.25, -0.2) is 8.78 Å². The predicted octanol–water partition coefficient (Wildman–Crippen LogP) is 5.95. The van der Waals surface area contributed by atoms with Crippen LogP contribution in [0, 0.1) is 11.6 Å². The van der Waals surface area contributed by atoms with Crippen LogP contribution in [0.2, 0.25) is 0 Å². The number of nitrogens with zero attached hydrogens (tertiary/aromatic N) is 1. The molecule has 3 aromatic rings. The Morgan fingerprint density at radius 3 is 2.60 bits per heavy atom. The number of hydrogen-bond donors (Lipinski definition) is 0. The first-order valence-corrected chi connectivity index (χ1v) is 10.2. The monoisotopic (exact) mass is 439 g/mol. The van der Waals surface area contributed by atoms with Gasteiger partial charge in [0.05, 0.1) is 10.6 Å². The topological polar surface area (TPSA) is 29.5 Å². The van der Waals surface area contributed by atoms with E-state index in [0.29, 0.717) is 26.2 Å². The summed E-state index contributed by atoms with van der Waals surface area (Å²) in [6.45, 7) is 0.0951. The lowest BCUT2D eigenvalue weighted by molar-refractivity contribution is -0.113. The first-order chi connectivity index (χ1) is 14.5. The minimum atomic E-state index is -0.440. The first-order valence-electron chi connectivity index (χ1n) is 9.01. The molecule has 4 rings (SSSR count). The van der Waals surface area contributed by atoms with Gasteiger partial charge in [-0.15, -0.1) is 0 Å². The average Bonchev–Trinajstić information content (AvgIpc) is 3.00. The summed E-state index contributed by atoms with van der Waals surface area (Å²) in [7, 11) is 0. The number of rotatable bonds is 5. The van der Waals surface area contributed by atoms with Gasteiger partial charge >= 0.3 is 0 Å². The van der Waals surface area contributed by atoms with Gasteiger partial charge in [0.1, 0.15) is 24.0 Å². The number of halogens is 2. The van der Waals surface area contributed by atoms with E-state index in [1.807, 2.05) is 6.07 Å². The second-order valence-electron chi connectivity index (χ2n) is 6.45. The fourth-order valence-corrected chi connectivity index (χ4v) is 4.23. The Morgan fingerprint density at radius 1 is 1.00 bits per heavy atom. The normalized spacial score (nSPS) is 15.1. The number of thioether (sulfide) groups is 1. The SMILES string of the molecule is O=C1/C(=C\c2cccc(OCc3ccccc3F)c2)SC(=S)N1c1cccc(F)c1. The average molecular weight is 440 g/mol. The fourth-order valence-electron chi connectivity index (χ4n) is 2.93. The van der Waals surface area contributed by atoms with Crippen LogP contribution in [0.4, 0.5) is 14.5 Å². The molecule has 1 saturated heterocycles. The van der Waals surface area contributed by atoms with Crippen molar-refractivity contribution in [3.63, 3.8) is 0 Å². The van der Waals surface area contributed by atoms with Gasteiger partial charge in [-0.3, -0.25) is 9.69 Å². The maximum Gasteiger partial charge on any atom is 0.270 e. The van der Waals surface area contributed by atoms with Gasteiger partial charge < -0.3 is 4.74 Å². The van der Waals surface area contributed by atoms with Gasteiger partial charge in [-0.05, 0) is 48.0 Å². The molecule has 0 spiro atoms. The Hall–Kier alpha value is -3.03. The van der Waals surface area contributed by atoms with Crippen LogP contribution in [0.3, 0.4) is 0 Å². The van der Waals surface area contributed by atoms with Crippen molar-refractivity contribution in [3.8, 4) is 5.75 Å². The van der Waals surface area contributed by atoms with Crippen LogP contribution in [0.15, 0.2) is 77.7 Å². The molecular formula is C23H15F2NO2S2. The quantitative estimate of drug-likeness (QED) is 0.363. The van der Waals surface area contributed by atoms with E-state index >= 15 is 0 Å². The summed E-state index contributed by atoms with van der Waals surface area (Å²) in [4.78, 5) is 14.6. The molecule has 1 aliphatic heterocycles. The summed E-state index contributed by atoms with van der Waals surface area (Å²) >= 11 is 6.47. The molecule has 7 heteroatoms. The molecule has 0 aromatic heterocycles. The van der Waals surface area contributed by atoms with E-state index in [0.717, 1.165) is 17.3 Å². The summed E-state index contributed by atoms with van der Waals surface area (Å²) in [5, 5.41) is 0. The van der Waals surface area contributed by atoms with Crippen molar-refractivity contribution in [3.05, 3.63) is 100 Å². The third-order valence-electron chi connectivity index (χ3n) is 4.37. The highest BCUT2D eigenvalue weighted by Gasteiger charge is 2.33. The van der Waals surface area contributed by atoms with Gasteiger partial charge in [0.25, 0.3) is 5.91 Å². The zero-order valence-electron chi connectivity index (χ0n) is 15.5. The minimum absolute atomic E-state index is 0.0951. The number of thiocarbonyl (C=S) groups is 1. The van der Waals surface area contributed by atoms with Crippen molar-refractivity contribution < 1.29 is 18.3 Å².